The van der Waals surface area contributed by atoms with E-state index in [4.69, 9.17) is 5.11 Å². The van der Waals surface area contributed by atoms with Crippen molar-refractivity contribution in [2.75, 3.05) is 0 Å². The number of aromatic carboxylic acids is 1. The Bertz CT molecular complexity index is 667. The fourth-order valence-corrected chi connectivity index (χ4v) is 2.36. The third kappa shape index (κ3) is 2.80. The molecule has 0 heterocycles. The lowest BCUT2D eigenvalue weighted by atomic mass is 10.0. The SMILES string of the molecule is O=C(O)c1ccccc1/C=C/c1cccc(C2CC2)c1. The van der Waals surface area contributed by atoms with Gasteiger partial charge in [0.15, 0.2) is 0 Å². The van der Waals surface area contributed by atoms with Gasteiger partial charge in [0, 0.05) is 0 Å². The topological polar surface area (TPSA) is 37.3 Å². The molecule has 0 atom stereocenters. The quantitative estimate of drug-likeness (QED) is 0.829. The Morgan fingerprint density at radius 1 is 1.05 bits per heavy atom. The van der Waals surface area contributed by atoms with Gasteiger partial charge in [-0.3, -0.25) is 0 Å². The van der Waals surface area contributed by atoms with E-state index >= 15 is 0 Å². The van der Waals surface area contributed by atoms with Crippen molar-refractivity contribution in [1.82, 2.24) is 0 Å². The fraction of sp³-hybridized carbons (Fsp3) is 0.167. The van der Waals surface area contributed by atoms with E-state index in [2.05, 4.69) is 18.2 Å². The molecule has 0 amide bonds. The highest BCUT2D eigenvalue weighted by Gasteiger charge is 2.23. The standard InChI is InChI=1S/C18H16O2/c19-18(20)17-7-2-1-5-15(17)9-8-13-4-3-6-16(12-13)14-10-11-14/h1-9,12,14H,10-11H2,(H,19,20)/b9-8+. The highest BCUT2D eigenvalue weighted by atomic mass is 16.4. The van der Waals surface area contributed by atoms with Gasteiger partial charge in [0.1, 0.15) is 0 Å². The molecule has 0 radical (unpaired) electrons. The zero-order valence-corrected chi connectivity index (χ0v) is 11.1. The highest BCUT2D eigenvalue weighted by molar-refractivity contribution is 5.93. The van der Waals surface area contributed by atoms with Crippen LogP contribution in [0.4, 0.5) is 0 Å². The smallest absolute Gasteiger partial charge is 0.336 e. The van der Waals surface area contributed by atoms with E-state index in [0.29, 0.717) is 5.56 Å². The molecule has 2 aromatic rings. The van der Waals surface area contributed by atoms with Crippen molar-refractivity contribution in [3.05, 3.63) is 70.8 Å². The van der Waals surface area contributed by atoms with Crippen molar-refractivity contribution in [3.63, 3.8) is 0 Å². The minimum Gasteiger partial charge on any atom is -0.478 e. The summed E-state index contributed by atoms with van der Waals surface area (Å²) in [6, 6.07) is 15.5. The van der Waals surface area contributed by atoms with Gasteiger partial charge in [-0.1, -0.05) is 54.6 Å². The first-order valence-electron chi connectivity index (χ1n) is 6.84. The first-order valence-corrected chi connectivity index (χ1v) is 6.84. The van der Waals surface area contributed by atoms with E-state index in [0.717, 1.165) is 17.0 Å². The Kier molecular flexibility index (Phi) is 3.38. The minimum atomic E-state index is -0.892. The van der Waals surface area contributed by atoms with Gasteiger partial charge < -0.3 is 5.11 Å². The van der Waals surface area contributed by atoms with E-state index in [1.54, 1.807) is 12.1 Å². The van der Waals surface area contributed by atoms with Crippen LogP contribution in [-0.4, -0.2) is 11.1 Å². The van der Waals surface area contributed by atoms with Gasteiger partial charge in [-0.15, -0.1) is 0 Å². The van der Waals surface area contributed by atoms with Crippen molar-refractivity contribution in [3.8, 4) is 0 Å². The molecule has 0 spiro atoms. The van der Waals surface area contributed by atoms with E-state index in [9.17, 15) is 4.79 Å². The molecule has 20 heavy (non-hydrogen) atoms. The zero-order chi connectivity index (χ0) is 13.9. The van der Waals surface area contributed by atoms with Crippen LogP contribution in [-0.2, 0) is 0 Å². The molecule has 1 fully saturated rings. The molecule has 2 aromatic carbocycles. The van der Waals surface area contributed by atoms with Crippen molar-refractivity contribution < 1.29 is 9.90 Å². The molecule has 1 aliphatic rings. The van der Waals surface area contributed by atoms with Crippen molar-refractivity contribution in [2.45, 2.75) is 18.8 Å². The molecule has 100 valence electrons. The summed E-state index contributed by atoms with van der Waals surface area (Å²) >= 11 is 0. The van der Waals surface area contributed by atoms with E-state index in [-0.39, 0.29) is 0 Å². The van der Waals surface area contributed by atoms with Gasteiger partial charge >= 0.3 is 5.97 Å². The summed E-state index contributed by atoms with van der Waals surface area (Å²) in [6.45, 7) is 0. The molecular formula is C18H16O2. The molecule has 0 aliphatic heterocycles. The van der Waals surface area contributed by atoms with Gasteiger partial charge in [0.2, 0.25) is 0 Å². The molecular weight excluding hydrogens is 248 g/mol. The maximum Gasteiger partial charge on any atom is 0.336 e. The number of rotatable bonds is 4. The van der Waals surface area contributed by atoms with Gasteiger partial charge in [0.25, 0.3) is 0 Å². The van der Waals surface area contributed by atoms with Crippen LogP contribution < -0.4 is 0 Å². The van der Waals surface area contributed by atoms with Crippen LogP contribution in [0.15, 0.2) is 48.5 Å². The summed E-state index contributed by atoms with van der Waals surface area (Å²) < 4.78 is 0. The maximum absolute atomic E-state index is 11.2. The second-order valence-corrected chi connectivity index (χ2v) is 5.17. The molecule has 1 aliphatic carbocycles. The molecule has 0 bridgehead atoms. The van der Waals surface area contributed by atoms with Crippen molar-refractivity contribution in [2.24, 2.45) is 0 Å². The van der Waals surface area contributed by atoms with Gasteiger partial charge in [0.05, 0.1) is 5.56 Å². The first kappa shape index (κ1) is 12.7. The molecule has 1 saturated carbocycles. The number of carboxylic acids is 1. The Balaban J connectivity index is 1.87. The number of carboxylic acid groups (broad SMARTS) is 1. The normalized spacial score (nSPS) is 14.6. The average molecular weight is 264 g/mol. The van der Waals surface area contributed by atoms with Crippen LogP contribution in [0.5, 0.6) is 0 Å². The minimum absolute atomic E-state index is 0.335. The van der Waals surface area contributed by atoms with Crippen LogP contribution >= 0.6 is 0 Å². The van der Waals surface area contributed by atoms with E-state index in [1.165, 1.54) is 18.4 Å². The lowest BCUT2D eigenvalue weighted by Gasteiger charge is -2.02. The number of hydrogen-bond donors (Lipinski definition) is 1. The number of hydrogen-bond acceptors (Lipinski definition) is 1. The van der Waals surface area contributed by atoms with Crippen molar-refractivity contribution in [1.29, 1.82) is 0 Å². The molecule has 0 aromatic heterocycles. The van der Waals surface area contributed by atoms with Crippen LogP contribution in [0.2, 0.25) is 0 Å². The summed E-state index contributed by atoms with van der Waals surface area (Å²) in [5.41, 5.74) is 3.58. The fourth-order valence-electron chi connectivity index (χ4n) is 2.36. The predicted octanol–water partition coefficient (Wildman–Crippen LogP) is 4.43. The zero-order valence-electron chi connectivity index (χ0n) is 11.1. The predicted molar refractivity (Wildman–Crippen MR) is 80.7 cm³/mol. The molecule has 0 saturated heterocycles. The third-order valence-corrected chi connectivity index (χ3v) is 3.61. The molecule has 3 rings (SSSR count). The second kappa shape index (κ2) is 5.33. The Hall–Kier alpha value is -2.35. The van der Waals surface area contributed by atoms with Gasteiger partial charge in [-0.25, -0.2) is 4.79 Å². The molecule has 2 nitrogen and oxygen atoms in total. The lowest BCUT2D eigenvalue weighted by molar-refractivity contribution is 0.0696. The van der Waals surface area contributed by atoms with Crippen molar-refractivity contribution >= 4 is 18.1 Å². The average Bonchev–Trinajstić information content (AvgIpc) is 3.30. The monoisotopic (exact) mass is 264 g/mol. The van der Waals surface area contributed by atoms with Crippen LogP contribution in [0.3, 0.4) is 0 Å². The third-order valence-electron chi connectivity index (χ3n) is 3.61. The second-order valence-electron chi connectivity index (χ2n) is 5.17. The first-order chi connectivity index (χ1) is 9.74. The largest absolute Gasteiger partial charge is 0.478 e. The van der Waals surface area contributed by atoms with Crippen LogP contribution in [0.1, 0.15) is 45.8 Å². The summed E-state index contributed by atoms with van der Waals surface area (Å²) in [5.74, 6) is -0.161. The summed E-state index contributed by atoms with van der Waals surface area (Å²) in [7, 11) is 0. The number of carbonyl (C=O) groups is 1. The Morgan fingerprint density at radius 2 is 1.85 bits per heavy atom. The van der Waals surface area contributed by atoms with E-state index in [1.807, 2.05) is 30.4 Å². The summed E-state index contributed by atoms with van der Waals surface area (Å²) in [4.78, 5) is 11.2. The summed E-state index contributed by atoms with van der Waals surface area (Å²) in [6.07, 6.45) is 6.42. The highest BCUT2D eigenvalue weighted by Crippen LogP contribution is 2.40. The van der Waals surface area contributed by atoms with Gasteiger partial charge in [-0.05, 0) is 41.5 Å². The number of benzene rings is 2. The van der Waals surface area contributed by atoms with Gasteiger partial charge in [-0.2, -0.15) is 0 Å². The maximum atomic E-state index is 11.2. The summed E-state index contributed by atoms with van der Waals surface area (Å²) in [5, 5.41) is 9.15. The lowest BCUT2D eigenvalue weighted by Crippen LogP contribution is -1.98. The molecule has 1 N–H and O–H groups in total. The molecule has 0 unspecified atom stereocenters. The van der Waals surface area contributed by atoms with E-state index < -0.39 is 5.97 Å². The Morgan fingerprint density at radius 3 is 2.60 bits per heavy atom. The molecule has 2 heteroatoms. The van der Waals surface area contributed by atoms with Crippen LogP contribution in [0, 0.1) is 0 Å². The Labute approximate surface area is 118 Å². The van der Waals surface area contributed by atoms with Crippen LogP contribution in [0.25, 0.3) is 12.2 Å².